The van der Waals surface area contributed by atoms with Gasteiger partial charge >= 0.3 is 0 Å². The molecular weight excluding hydrogens is 312 g/mol. The standard InChI is InChI=1S/C20H34N4O/c1-4-14-24-15-11-18(12-16-24)23-20(21-5-2)22-13-10-17-6-8-19(25-3)9-7-17/h6-9,18H,4-5,10-16H2,1-3H3,(H2,21,22,23). The average molecular weight is 347 g/mol. The van der Waals surface area contributed by atoms with Gasteiger partial charge in [0.15, 0.2) is 5.96 Å². The number of methoxy groups -OCH3 is 1. The van der Waals surface area contributed by atoms with Gasteiger partial charge in [-0.05, 0) is 56.8 Å². The summed E-state index contributed by atoms with van der Waals surface area (Å²) in [6.07, 6.45) is 4.58. The van der Waals surface area contributed by atoms with Crippen LogP contribution in [0.4, 0.5) is 0 Å². The maximum Gasteiger partial charge on any atom is 0.191 e. The third kappa shape index (κ3) is 6.94. The summed E-state index contributed by atoms with van der Waals surface area (Å²) < 4.78 is 5.20. The normalized spacial score (nSPS) is 16.7. The van der Waals surface area contributed by atoms with E-state index in [-0.39, 0.29) is 0 Å². The highest BCUT2D eigenvalue weighted by Gasteiger charge is 2.19. The van der Waals surface area contributed by atoms with Gasteiger partial charge in [0.2, 0.25) is 0 Å². The van der Waals surface area contributed by atoms with Crippen LogP contribution in [0.3, 0.4) is 0 Å². The molecule has 1 aliphatic rings. The first-order valence-corrected chi connectivity index (χ1v) is 9.65. The Bertz CT molecular complexity index is 507. The van der Waals surface area contributed by atoms with Crippen molar-refractivity contribution in [2.24, 2.45) is 4.99 Å². The third-order valence-electron chi connectivity index (χ3n) is 4.64. The number of nitrogens with one attached hydrogen (secondary N) is 2. The van der Waals surface area contributed by atoms with Gasteiger partial charge in [0.1, 0.15) is 5.75 Å². The molecule has 25 heavy (non-hydrogen) atoms. The average Bonchev–Trinajstić information content (AvgIpc) is 2.64. The van der Waals surface area contributed by atoms with Crippen LogP contribution >= 0.6 is 0 Å². The summed E-state index contributed by atoms with van der Waals surface area (Å²) in [4.78, 5) is 7.31. The smallest absolute Gasteiger partial charge is 0.191 e. The van der Waals surface area contributed by atoms with Crippen LogP contribution in [0.1, 0.15) is 38.7 Å². The van der Waals surface area contributed by atoms with Crippen molar-refractivity contribution in [3.63, 3.8) is 0 Å². The zero-order valence-corrected chi connectivity index (χ0v) is 16.1. The fraction of sp³-hybridized carbons (Fsp3) is 0.650. The minimum Gasteiger partial charge on any atom is -0.497 e. The van der Waals surface area contributed by atoms with Crippen molar-refractivity contribution in [3.8, 4) is 5.75 Å². The van der Waals surface area contributed by atoms with Gasteiger partial charge in [-0.25, -0.2) is 0 Å². The first-order chi connectivity index (χ1) is 12.2. The van der Waals surface area contributed by atoms with E-state index in [0.717, 1.165) is 31.2 Å². The van der Waals surface area contributed by atoms with Gasteiger partial charge in [0.05, 0.1) is 7.11 Å². The van der Waals surface area contributed by atoms with Crippen molar-refractivity contribution < 1.29 is 4.74 Å². The molecule has 1 fully saturated rings. The molecular formula is C20H34N4O. The molecule has 1 aromatic rings. The Morgan fingerprint density at radius 3 is 2.52 bits per heavy atom. The molecule has 0 amide bonds. The van der Waals surface area contributed by atoms with E-state index in [2.05, 4.69) is 41.5 Å². The quantitative estimate of drug-likeness (QED) is 0.561. The zero-order valence-electron chi connectivity index (χ0n) is 16.1. The monoisotopic (exact) mass is 346 g/mol. The van der Waals surface area contributed by atoms with Crippen LogP contribution in [0.25, 0.3) is 0 Å². The minimum atomic E-state index is 0.534. The van der Waals surface area contributed by atoms with E-state index in [1.54, 1.807) is 7.11 Å². The van der Waals surface area contributed by atoms with Crippen molar-refractivity contribution in [2.45, 2.75) is 45.6 Å². The van der Waals surface area contributed by atoms with Gasteiger partial charge < -0.3 is 20.3 Å². The molecule has 0 saturated carbocycles. The van der Waals surface area contributed by atoms with Crippen molar-refractivity contribution in [2.75, 3.05) is 39.8 Å². The second kappa shape index (κ2) is 11.0. The highest BCUT2D eigenvalue weighted by Crippen LogP contribution is 2.12. The second-order valence-corrected chi connectivity index (χ2v) is 6.62. The lowest BCUT2D eigenvalue weighted by Gasteiger charge is -2.32. The first-order valence-electron chi connectivity index (χ1n) is 9.65. The van der Waals surface area contributed by atoms with Crippen LogP contribution in [0.2, 0.25) is 0 Å². The number of nitrogens with zero attached hydrogens (tertiary/aromatic N) is 2. The molecule has 1 saturated heterocycles. The Balaban J connectivity index is 1.79. The molecule has 0 bridgehead atoms. The summed E-state index contributed by atoms with van der Waals surface area (Å²) in [5.41, 5.74) is 1.29. The zero-order chi connectivity index (χ0) is 17.9. The number of rotatable bonds is 8. The number of hydrogen-bond acceptors (Lipinski definition) is 3. The van der Waals surface area contributed by atoms with E-state index < -0.39 is 0 Å². The highest BCUT2D eigenvalue weighted by molar-refractivity contribution is 5.80. The lowest BCUT2D eigenvalue weighted by molar-refractivity contribution is 0.206. The van der Waals surface area contributed by atoms with Crippen LogP contribution in [0.5, 0.6) is 5.75 Å². The van der Waals surface area contributed by atoms with E-state index in [4.69, 9.17) is 9.73 Å². The second-order valence-electron chi connectivity index (χ2n) is 6.62. The molecule has 1 heterocycles. The first kappa shape index (κ1) is 19.6. The predicted molar refractivity (Wildman–Crippen MR) is 106 cm³/mol. The van der Waals surface area contributed by atoms with Crippen LogP contribution in [-0.2, 0) is 6.42 Å². The van der Waals surface area contributed by atoms with Gasteiger partial charge in [-0.15, -0.1) is 0 Å². The van der Waals surface area contributed by atoms with Gasteiger partial charge in [-0.2, -0.15) is 0 Å². The highest BCUT2D eigenvalue weighted by atomic mass is 16.5. The summed E-state index contributed by atoms with van der Waals surface area (Å²) in [7, 11) is 1.69. The van der Waals surface area contributed by atoms with Crippen molar-refractivity contribution in [1.29, 1.82) is 0 Å². The van der Waals surface area contributed by atoms with E-state index in [1.807, 2.05) is 12.1 Å². The van der Waals surface area contributed by atoms with Crippen LogP contribution in [-0.4, -0.2) is 56.7 Å². The largest absolute Gasteiger partial charge is 0.497 e. The van der Waals surface area contributed by atoms with Gasteiger partial charge in [-0.1, -0.05) is 19.1 Å². The van der Waals surface area contributed by atoms with Crippen LogP contribution in [0, 0.1) is 0 Å². The van der Waals surface area contributed by atoms with Crippen molar-refractivity contribution in [1.82, 2.24) is 15.5 Å². The Morgan fingerprint density at radius 2 is 1.92 bits per heavy atom. The lowest BCUT2D eigenvalue weighted by Crippen LogP contribution is -2.48. The van der Waals surface area contributed by atoms with Crippen LogP contribution in [0.15, 0.2) is 29.3 Å². The number of aliphatic imine (C=N–C) groups is 1. The number of benzene rings is 1. The molecule has 0 aliphatic carbocycles. The topological polar surface area (TPSA) is 48.9 Å². The maximum absolute atomic E-state index is 5.20. The number of guanidine groups is 1. The summed E-state index contributed by atoms with van der Waals surface area (Å²) in [6, 6.07) is 8.77. The maximum atomic E-state index is 5.20. The fourth-order valence-electron chi connectivity index (χ4n) is 3.22. The molecule has 2 rings (SSSR count). The molecule has 1 aliphatic heterocycles. The van der Waals surface area contributed by atoms with Gasteiger partial charge in [-0.3, -0.25) is 4.99 Å². The number of likely N-dealkylation sites (tertiary alicyclic amines) is 1. The van der Waals surface area contributed by atoms with E-state index >= 15 is 0 Å². The van der Waals surface area contributed by atoms with Crippen LogP contribution < -0.4 is 15.4 Å². The molecule has 0 atom stereocenters. The summed E-state index contributed by atoms with van der Waals surface area (Å²) in [6.45, 7) is 9.66. The molecule has 5 heteroatoms. The fourth-order valence-corrected chi connectivity index (χ4v) is 3.22. The van der Waals surface area contributed by atoms with Gasteiger partial charge in [0.25, 0.3) is 0 Å². The lowest BCUT2D eigenvalue weighted by atomic mass is 10.1. The SMILES string of the molecule is CCCN1CCC(NC(=NCCc2ccc(OC)cc2)NCC)CC1. The molecule has 5 nitrogen and oxygen atoms in total. The minimum absolute atomic E-state index is 0.534. The van der Waals surface area contributed by atoms with Gasteiger partial charge in [0, 0.05) is 32.2 Å². The summed E-state index contributed by atoms with van der Waals surface area (Å²) in [5, 5.41) is 6.99. The van der Waals surface area contributed by atoms with Crippen molar-refractivity contribution in [3.05, 3.63) is 29.8 Å². The molecule has 0 spiro atoms. The van der Waals surface area contributed by atoms with E-state index in [1.165, 1.54) is 44.5 Å². The molecule has 0 unspecified atom stereocenters. The summed E-state index contributed by atoms with van der Waals surface area (Å²) >= 11 is 0. The Kier molecular flexibility index (Phi) is 8.60. The molecule has 2 N–H and O–H groups in total. The Labute approximate surface area is 152 Å². The molecule has 140 valence electrons. The molecule has 0 aromatic heterocycles. The molecule has 1 aromatic carbocycles. The van der Waals surface area contributed by atoms with Crippen molar-refractivity contribution >= 4 is 5.96 Å². The Morgan fingerprint density at radius 1 is 1.20 bits per heavy atom. The van der Waals surface area contributed by atoms with E-state index in [9.17, 15) is 0 Å². The predicted octanol–water partition coefficient (Wildman–Crippen LogP) is 2.67. The number of piperidine rings is 1. The number of hydrogen-bond donors (Lipinski definition) is 2. The molecule has 0 radical (unpaired) electrons. The van der Waals surface area contributed by atoms with E-state index in [0.29, 0.717) is 6.04 Å². The summed E-state index contributed by atoms with van der Waals surface area (Å²) in [5.74, 6) is 1.85. The Hall–Kier alpha value is -1.75. The third-order valence-corrected chi connectivity index (χ3v) is 4.64. The number of ether oxygens (including phenoxy) is 1.